The number of aliphatic hydroxyl groups is 13. The molecule has 4 fully saturated rings. The van der Waals surface area contributed by atoms with Gasteiger partial charge in [-0.3, -0.25) is 4.79 Å². The van der Waals surface area contributed by atoms with Crippen molar-refractivity contribution in [2.75, 3.05) is 26.4 Å². The fourth-order valence-corrected chi connectivity index (χ4v) is 7.91. The van der Waals surface area contributed by atoms with Crippen LogP contribution in [0.15, 0.2) is 39.5 Å². The average Bonchev–Trinajstić information content (AvgIpc) is 3.29. The SMILES string of the molecule is O=c1c(O[C@@H]2O[C@H](CO)[C@@H](O)[C@H](O)[C@H]2O[C@@H]2O[C@H](CO)[C@H](O)[C@H](O)[C@H]2O[C@@H]2O[C@H](CO)[C@@H](O)[C@H](O)[C@H]2O[C@@H]2O[C@H](CO)[C@@H](O)[C@H](O)[C@H]2O)c(-c2ccc(O)c(O)c2)oc2cc(O)cc(O)c12. The summed E-state index contributed by atoms with van der Waals surface area (Å²) in [5.41, 5.74) is -1.79. The fourth-order valence-electron chi connectivity index (χ4n) is 7.91. The standard InChI is InChI=1S/C39H50O27/c40-6-16-21(48)26(53)30(57)36(59-16)64-33-27(54)22(49)18(8-42)61-38(33)66-35-29(56)24(51)19(9-43)62-39(35)65-34-28(55)23(50)17(7-41)60-37(34)63-32-25(52)20-14(47)4-11(44)5-15(20)58-31(32)10-1-2-12(45)13(46)3-10/h1-5,16-19,21-24,26-30,33-51,53-57H,6-9H2/t16-,17-,18-,19-,21-,22-,23-,24+,26+,27+,28+,29+,30-,33-,34-,35-,36+,37+,38+,39+/m1/s1. The summed E-state index contributed by atoms with van der Waals surface area (Å²) in [4.78, 5) is 14.2. The Bertz CT molecular complexity index is 2190. The molecule has 7 rings (SSSR count). The van der Waals surface area contributed by atoms with Crippen molar-refractivity contribution in [3.8, 4) is 40.1 Å². The van der Waals surface area contributed by atoms with Crippen LogP contribution in [0.25, 0.3) is 22.3 Å². The van der Waals surface area contributed by atoms with E-state index in [0.29, 0.717) is 0 Å². The van der Waals surface area contributed by atoms with Crippen molar-refractivity contribution >= 4 is 11.0 Å². The van der Waals surface area contributed by atoms with E-state index in [1.165, 1.54) is 0 Å². The molecular formula is C39H50O27. The number of phenols is 4. The number of hydrogen-bond donors (Lipinski definition) is 17. The van der Waals surface area contributed by atoms with Crippen molar-refractivity contribution in [3.05, 3.63) is 40.6 Å². The van der Waals surface area contributed by atoms with E-state index in [2.05, 4.69) is 0 Å². The van der Waals surface area contributed by atoms with E-state index in [9.17, 15) is 91.6 Å². The first-order chi connectivity index (χ1) is 31.3. The van der Waals surface area contributed by atoms with Gasteiger partial charge in [0, 0.05) is 17.7 Å². The van der Waals surface area contributed by atoms with Crippen LogP contribution in [0.4, 0.5) is 0 Å². The minimum atomic E-state index is -2.22. The summed E-state index contributed by atoms with van der Waals surface area (Å²) >= 11 is 0. The number of rotatable bonds is 13. The van der Waals surface area contributed by atoms with Crippen LogP contribution in [-0.4, -0.2) is 236 Å². The van der Waals surface area contributed by atoms with Crippen LogP contribution in [0.2, 0.25) is 0 Å². The van der Waals surface area contributed by atoms with Crippen molar-refractivity contribution in [1.29, 1.82) is 0 Å². The summed E-state index contributed by atoms with van der Waals surface area (Å²) in [6.07, 6.45) is -40.1. The topological polar surface area (TPSA) is 448 Å². The van der Waals surface area contributed by atoms with Crippen molar-refractivity contribution in [1.82, 2.24) is 0 Å². The van der Waals surface area contributed by atoms with Crippen LogP contribution < -0.4 is 10.2 Å². The summed E-state index contributed by atoms with van der Waals surface area (Å²) < 4.78 is 52.0. The van der Waals surface area contributed by atoms with Gasteiger partial charge in [-0.2, -0.15) is 0 Å². The molecule has 0 aliphatic carbocycles. The Morgan fingerprint density at radius 1 is 0.470 bits per heavy atom. The second-order valence-electron chi connectivity index (χ2n) is 15.9. The maximum Gasteiger partial charge on any atom is 0.239 e. The van der Waals surface area contributed by atoms with Crippen LogP contribution in [-0.2, 0) is 33.2 Å². The summed E-state index contributed by atoms with van der Waals surface area (Å²) in [5, 5.41) is 179. The molecule has 27 heteroatoms. The predicted molar refractivity (Wildman–Crippen MR) is 207 cm³/mol. The molecule has 2 aromatic carbocycles. The average molecular weight is 951 g/mol. The van der Waals surface area contributed by atoms with Gasteiger partial charge in [-0.05, 0) is 18.2 Å². The van der Waals surface area contributed by atoms with Gasteiger partial charge in [0.1, 0.15) is 114 Å². The normalized spacial score (nSPS) is 39.8. The van der Waals surface area contributed by atoms with Gasteiger partial charge in [0.2, 0.25) is 17.5 Å². The Morgan fingerprint density at radius 3 is 1.39 bits per heavy atom. The van der Waals surface area contributed by atoms with E-state index in [1.807, 2.05) is 0 Å². The number of fused-ring (bicyclic) bond motifs is 1. The smallest absolute Gasteiger partial charge is 0.239 e. The Balaban J connectivity index is 1.27. The second-order valence-corrected chi connectivity index (χ2v) is 15.9. The minimum absolute atomic E-state index is 0.178. The number of phenolic OH excluding ortho intramolecular Hbond substituents is 4. The summed E-state index contributed by atoms with van der Waals surface area (Å²) in [6, 6.07) is 4.82. The zero-order chi connectivity index (χ0) is 48.0. The summed E-state index contributed by atoms with van der Waals surface area (Å²) in [5.74, 6) is -4.13. The van der Waals surface area contributed by atoms with Gasteiger partial charge < -0.3 is 129 Å². The Labute approximate surface area is 369 Å². The third-order valence-corrected chi connectivity index (χ3v) is 11.6. The fraction of sp³-hybridized carbons (Fsp3) is 0.615. The van der Waals surface area contributed by atoms with E-state index in [4.69, 9.17) is 42.3 Å². The number of hydrogen-bond acceptors (Lipinski definition) is 27. The zero-order valence-corrected chi connectivity index (χ0v) is 33.9. The molecule has 0 unspecified atom stereocenters. The molecule has 4 aliphatic rings. The lowest BCUT2D eigenvalue weighted by Gasteiger charge is -2.49. The maximum absolute atomic E-state index is 14.2. The van der Waals surface area contributed by atoms with E-state index in [-0.39, 0.29) is 5.56 Å². The summed E-state index contributed by atoms with van der Waals surface area (Å²) in [7, 11) is 0. The largest absolute Gasteiger partial charge is 0.508 e. The molecule has 3 aromatic rings. The minimum Gasteiger partial charge on any atom is -0.508 e. The molecule has 0 saturated carbocycles. The van der Waals surface area contributed by atoms with Crippen molar-refractivity contribution in [3.63, 3.8) is 0 Å². The quantitative estimate of drug-likeness (QED) is 0.0708. The summed E-state index contributed by atoms with van der Waals surface area (Å²) in [6.45, 7) is -3.93. The first kappa shape index (κ1) is 49.7. The highest BCUT2D eigenvalue weighted by Crippen LogP contribution is 2.41. The van der Waals surface area contributed by atoms with Gasteiger partial charge >= 0.3 is 0 Å². The second kappa shape index (κ2) is 20.2. The van der Waals surface area contributed by atoms with Gasteiger partial charge in [-0.15, -0.1) is 0 Å². The van der Waals surface area contributed by atoms with E-state index in [0.717, 1.165) is 30.3 Å². The van der Waals surface area contributed by atoms with Crippen LogP contribution in [0.3, 0.4) is 0 Å². The molecule has 5 heterocycles. The number of aromatic hydroxyl groups is 4. The highest BCUT2D eigenvalue weighted by Gasteiger charge is 2.56. The van der Waals surface area contributed by atoms with E-state index >= 15 is 0 Å². The molecule has 4 saturated heterocycles. The molecular weight excluding hydrogens is 900 g/mol. The predicted octanol–water partition coefficient (Wildman–Crippen LogP) is -7.07. The van der Waals surface area contributed by atoms with Crippen LogP contribution in [0, 0.1) is 0 Å². The molecule has 0 radical (unpaired) electrons. The molecule has 368 valence electrons. The van der Waals surface area contributed by atoms with Crippen molar-refractivity contribution in [2.24, 2.45) is 0 Å². The highest BCUT2D eigenvalue weighted by atomic mass is 16.8. The van der Waals surface area contributed by atoms with Crippen LogP contribution in [0.5, 0.6) is 28.7 Å². The lowest BCUT2D eigenvalue weighted by atomic mass is 9.96. The number of benzene rings is 2. The molecule has 4 aliphatic heterocycles. The van der Waals surface area contributed by atoms with E-state index in [1.54, 1.807) is 0 Å². The van der Waals surface area contributed by atoms with Crippen LogP contribution >= 0.6 is 0 Å². The van der Waals surface area contributed by atoms with Crippen molar-refractivity contribution < 1.29 is 129 Å². The van der Waals surface area contributed by atoms with Gasteiger partial charge in [0.05, 0.1) is 26.4 Å². The monoisotopic (exact) mass is 950 g/mol. The van der Waals surface area contributed by atoms with Gasteiger partial charge in [0.25, 0.3) is 0 Å². The van der Waals surface area contributed by atoms with Crippen molar-refractivity contribution in [2.45, 2.75) is 123 Å². The van der Waals surface area contributed by atoms with Gasteiger partial charge in [0.15, 0.2) is 42.2 Å². The zero-order valence-electron chi connectivity index (χ0n) is 33.9. The third kappa shape index (κ3) is 9.36. The molecule has 66 heavy (non-hydrogen) atoms. The third-order valence-electron chi connectivity index (χ3n) is 11.6. The number of aliphatic hydroxyl groups excluding tert-OH is 13. The molecule has 17 N–H and O–H groups in total. The Morgan fingerprint density at radius 2 is 0.909 bits per heavy atom. The lowest BCUT2D eigenvalue weighted by Crippen LogP contribution is -2.68. The Hall–Kier alpha value is -4.15. The number of ether oxygens (including phenoxy) is 8. The maximum atomic E-state index is 14.2. The molecule has 1 aromatic heterocycles. The molecule has 0 spiro atoms. The lowest BCUT2D eigenvalue weighted by molar-refractivity contribution is -0.404. The van der Waals surface area contributed by atoms with Gasteiger partial charge in [-0.1, -0.05) is 0 Å². The first-order valence-electron chi connectivity index (χ1n) is 20.2. The van der Waals surface area contributed by atoms with Gasteiger partial charge in [-0.25, -0.2) is 0 Å². The molecule has 20 atom stereocenters. The molecule has 0 amide bonds. The first-order valence-corrected chi connectivity index (χ1v) is 20.2. The van der Waals surface area contributed by atoms with Crippen LogP contribution in [0.1, 0.15) is 0 Å². The Kier molecular flexibility index (Phi) is 15.2. The highest BCUT2D eigenvalue weighted by molar-refractivity contribution is 5.88. The molecule has 27 nitrogen and oxygen atoms in total. The molecule has 0 bridgehead atoms. The van der Waals surface area contributed by atoms with E-state index < -0.39 is 200 Å².